The molecule has 6 N–H and O–H groups in total. The molecule has 0 unspecified atom stereocenters. The summed E-state index contributed by atoms with van der Waals surface area (Å²) in [7, 11) is 0. The zero-order chi connectivity index (χ0) is 21.8. The van der Waals surface area contributed by atoms with Gasteiger partial charge in [-0.15, -0.1) is 0 Å². The average molecular weight is 448 g/mol. The number of nitrogens with zero attached hydrogens (tertiary/aromatic N) is 3. The number of nitrogens with two attached hydrogens (primary N) is 1. The highest BCUT2D eigenvalue weighted by molar-refractivity contribution is 7.80. The lowest BCUT2D eigenvalue weighted by Gasteiger charge is -2.14. The van der Waals surface area contributed by atoms with Crippen molar-refractivity contribution in [2.24, 2.45) is 10.9 Å². The molecule has 1 heterocycles. The number of nitrogens with one attached hydrogen (secondary N) is 3. The first-order valence-corrected chi connectivity index (χ1v) is 9.05. The molecule has 1 aromatic heterocycles. The van der Waals surface area contributed by atoms with Gasteiger partial charge in [-0.1, -0.05) is 11.6 Å². The standard InChI is InChI=1S/C17H14ClN7O4S/c18-9-3-6-11-12(7-9)21-16(27)14(20-11)13(23-24-17(30)22-19)15(26)8-1-4-10(5-2-8)25(28)29/h1-7,15,26H,19H2,(H,21,27)(H2,22,24,30)/b23-13+/t15-/m1/s1. The van der Waals surface area contributed by atoms with Crippen LogP contribution in [0.15, 0.2) is 52.4 Å². The van der Waals surface area contributed by atoms with E-state index in [1.807, 2.05) is 0 Å². The molecule has 0 radical (unpaired) electrons. The largest absolute Gasteiger partial charge is 0.382 e. The van der Waals surface area contributed by atoms with Crippen LogP contribution in [-0.2, 0) is 0 Å². The molecule has 13 heteroatoms. The Labute approximate surface area is 178 Å². The van der Waals surface area contributed by atoms with Gasteiger partial charge in [-0.05, 0) is 48.1 Å². The topological polar surface area (TPSA) is 172 Å². The molecule has 0 aliphatic heterocycles. The van der Waals surface area contributed by atoms with Crippen LogP contribution in [0.2, 0.25) is 5.02 Å². The maximum Gasteiger partial charge on any atom is 0.276 e. The Morgan fingerprint density at radius 3 is 2.67 bits per heavy atom. The summed E-state index contributed by atoms with van der Waals surface area (Å²) >= 11 is 10.8. The van der Waals surface area contributed by atoms with Gasteiger partial charge in [-0.3, -0.25) is 25.8 Å². The number of aromatic nitrogens is 2. The summed E-state index contributed by atoms with van der Waals surface area (Å²) in [6, 6.07) is 9.83. The second kappa shape index (κ2) is 8.92. The van der Waals surface area contributed by atoms with Crippen LogP contribution in [0.5, 0.6) is 0 Å². The van der Waals surface area contributed by atoms with E-state index in [1.54, 1.807) is 12.1 Å². The summed E-state index contributed by atoms with van der Waals surface area (Å²) in [5.41, 5.74) is 4.42. The van der Waals surface area contributed by atoms with Crippen molar-refractivity contribution in [1.82, 2.24) is 20.8 Å². The van der Waals surface area contributed by atoms with E-state index in [0.29, 0.717) is 16.1 Å². The fourth-order valence-electron chi connectivity index (χ4n) is 2.56. The highest BCUT2D eigenvalue weighted by Gasteiger charge is 2.23. The average Bonchev–Trinajstić information content (AvgIpc) is 2.73. The third-order valence-electron chi connectivity index (χ3n) is 3.98. The zero-order valence-electron chi connectivity index (χ0n) is 15.0. The number of aliphatic hydroxyl groups excluding tert-OH is 1. The summed E-state index contributed by atoms with van der Waals surface area (Å²) in [6.07, 6.45) is -1.46. The van der Waals surface area contributed by atoms with Gasteiger partial charge in [0, 0.05) is 17.2 Å². The van der Waals surface area contributed by atoms with Crippen LogP contribution in [0.1, 0.15) is 17.4 Å². The van der Waals surface area contributed by atoms with Crippen LogP contribution in [0.4, 0.5) is 5.69 Å². The molecule has 0 aliphatic rings. The zero-order valence-corrected chi connectivity index (χ0v) is 16.6. The van der Waals surface area contributed by atoms with Gasteiger partial charge in [0.15, 0.2) is 5.69 Å². The van der Waals surface area contributed by atoms with Crippen LogP contribution in [0, 0.1) is 10.1 Å². The highest BCUT2D eigenvalue weighted by atomic mass is 35.5. The van der Waals surface area contributed by atoms with E-state index >= 15 is 0 Å². The first-order valence-electron chi connectivity index (χ1n) is 8.26. The van der Waals surface area contributed by atoms with E-state index in [0.717, 1.165) is 0 Å². The van der Waals surface area contributed by atoms with E-state index < -0.39 is 16.6 Å². The van der Waals surface area contributed by atoms with Crippen molar-refractivity contribution in [2.45, 2.75) is 6.10 Å². The number of hydrazine groups is 1. The molecule has 3 aromatic rings. The predicted molar refractivity (Wildman–Crippen MR) is 115 cm³/mol. The molecule has 0 bridgehead atoms. The molecule has 0 amide bonds. The lowest BCUT2D eigenvalue weighted by molar-refractivity contribution is -0.384. The number of hydrazone groups is 1. The number of aliphatic hydroxyl groups is 1. The lowest BCUT2D eigenvalue weighted by Crippen LogP contribution is -2.38. The molecular weight excluding hydrogens is 434 g/mol. The summed E-state index contributed by atoms with van der Waals surface area (Å²) in [5, 5.41) is 26.0. The highest BCUT2D eigenvalue weighted by Crippen LogP contribution is 2.22. The van der Waals surface area contributed by atoms with Crippen LogP contribution in [-0.4, -0.2) is 30.8 Å². The van der Waals surface area contributed by atoms with Crippen molar-refractivity contribution in [2.75, 3.05) is 0 Å². The molecule has 0 aliphatic carbocycles. The number of fused-ring (bicyclic) bond motifs is 1. The van der Waals surface area contributed by atoms with Gasteiger partial charge >= 0.3 is 0 Å². The van der Waals surface area contributed by atoms with Crippen molar-refractivity contribution in [3.63, 3.8) is 0 Å². The van der Waals surface area contributed by atoms with Gasteiger partial charge in [0.25, 0.3) is 11.2 Å². The van der Waals surface area contributed by atoms with E-state index in [4.69, 9.17) is 29.7 Å². The quantitative estimate of drug-likeness (QED) is 0.127. The first-order chi connectivity index (χ1) is 14.3. The number of H-pyrrole nitrogens is 1. The molecule has 154 valence electrons. The second-order valence-electron chi connectivity index (χ2n) is 5.91. The Bertz CT molecular complexity index is 1210. The predicted octanol–water partition coefficient (Wildman–Crippen LogP) is 1.26. The summed E-state index contributed by atoms with van der Waals surface area (Å²) < 4.78 is 0. The Hall–Kier alpha value is -3.45. The van der Waals surface area contributed by atoms with Crippen LogP contribution < -0.4 is 22.3 Å². The number of nitro groups is 1. The van der Waals surface area contributed by atoms with Gasteiger partial charge in [0.1, 0.15) is 11.8 Å². The number of benzene rings is 2. The van der Waals surface area contributed by atoms with Crippen LogP contribution >= 0.6 is 23.8 Å². The fraction of sp³-hybridized carbons (Fsp3) is 0.0588. The van der Waals surface area contributed by atoms with Gasteiger partial charge in [0.2, 0.25) is 5.11 Å². The van der Waals surface area contributed by atoms with Crippen molar-refractivity contribution in [3.8, 4) is 0 Å². The summed E-state index contributed by atoms with van der Waals surface area (Å²) in [6.45, 7) is 0. The number of non-ortho nitro benzene ring substituents is 1. The third kappa shape index (κ3) is 4.58. The molecule has 2 aromatic carbocycles. The monoisotopic (exact) mass is 447 g/mol. The summed E-state index contributed by atoms with van der Waals surface area (Å²) in [4.78, 5) is 29.8. The van der Waals surface area contributed by atoms with Gasteiger partial charge < -0.3 is 10.1 Å². The Morgan fingerprint density at radius 2 is 2.03 bits per heavy atom. The van der Waals surface area contributed by atoms with Crippen LogP contribution in [0.25, 0.3) is 11.0 Å². The molecule has 3 rings (SSSR count). The molecule has 0 spiro atoms. The van der Waals surface area contributed by atoms with Crippen molar-refractivity contribution in [1.29, 1.82) is 0 Å². The number of hydrogen-bond donors (Lipinski definition) is 5. The molecule has 30 heavy (non-hydrogen) atoms. The van der Waals surface area contributed by atoms with Crippen LogP contribution in [0.3, 0.4) is 0 Å². The maximum atomic E-state index is 12.6. The molecule has 0 saturated carbocycles. The lowest BCUT2D eigenvalue weighted by atomic mass is 10.0. The third-order valence-corrected chi connectivity index (χ3v) is 4.43. The normalized spacial score (nSPS) is 12.4. The van der Waals surface area contributed by atoms with Crippen molar-refractivity contribution in [3.05, 3.63) is 79.2 Å². The maximum absolute atomic E-state index is 12.6. The minimum Gasteiger partial charge on any atom is -0.382 e. The van der Waals surface area contributed by atoms with Gasteiger partial charge in [-0.2, -0.15) is 5.10 Å². The van der Waals surface area contributed by atoms with Crippen molar-refractivity contribution >= 4 is 51.4 Å². The number of rotatable bonds is 5. The van der Waals surface area contributed by atoms with Crippen molar-refractivity contribution < 1.29 is 10.0 Å². The first kappa shape index (κ1) is 21.3. The Balaban J connectivity index is 2.11. The SMILES string of the molecule is NNC(=S)N/N=C(\c1nc2ccc(Cl)cc2[nH]c1=O)[C@H](O)c1ccc([N+](=O)[O-])cc1. The molecule has 0 fully saturated rings. The molecule has 1 atom stereocenters. The molecule has 0 saturated heterocycles. The molecule has 11 nitrogen and oxygen atoms in total. The minimum absolute atomic E-state index is 0.0765. The van der Waals surface area contributed by atoms with E-state index in [2.05, 4.69) is 25.9 Å². The molecular formula is C17H14ClN7O4S. The smallest absolute Gasteiger partial charge is 0.276 e. The fourth-order valence-corrected chi connectivity index (χ4v) is 2.77. The number of halogens is 1. The number of nitro benzene ring substituents is 1. The minimum atomic E-state index is -1.46. The van der Waals surface area contributed by atoms with E-state index in [1.165, 1.54) is 30.3 Å². The van der Waals surface area contributed by atoms with E-state index in [9.17, 15) is 20.0 Å². The second-order valence-corrected chi connectivity index (χ2v) is 6.75. The Morgan fingerprint density at radius 1 is 1.33 bits per heavy atom. The van der Waals surface area contributed by atoms with Gasteiger partial charge in [-0.25, -0.2) is 10.8 Å². The number of hydrogen-bond acceptors (Lipinski definition) is 8. The number of aromatic amines is 1. The van der Waals surface area contributed by atoms with Gasteiger partial charge in [0.05, 0.1) is 16.0 Å². The Kier molecular flexibility index (Phi) is 6.32. The number of thiocarbonyl (C=S) groups is 1. The van der Waals surface area contributed by atoms with E-state index in [-0.39, 0.29) is 27.8 Å². The summed E-state index contributed by atoms with van der Waals surface area (Å²) in [5.74, 6) is 5.20.